The van der Waals surface area contributed by atoms with Crippen LogP contribution in [0.5, 0.6) is 0 Å². The number of aryl methyl sites for hydroxylation is 2. The molecule has 1 fully saturated rings. The van der Waals surface area contributed by atoms with Gasteiger partial charge in [-0.25, -0.2) is 0 Å². The minimum Gasteiger partial charge on any atom is -0.103 e. The number of benzene rings is 2. The lowest BCUT2D eigenvalue weighted by Gasteiger charge is -2.35. The monoisotopic (exact) mass is 496 g/mol. The molecule has 4 aliphatic rings. The molecule has 2 aromatic rings. The Morgan fingerprint density at radius 3 is 2.68 bits per heavy atom. The number of hydrogen-bond donors (Lipinski definition) is 0. The van der Waals surface area contributed by atoms with Crippen molar-refractivity contribution in [1.82, 2.24) is 0 Å². The second kappa shape index (κ2) is 10.1. The van der Waals surface area contributed by atoms with Gasteiger partial charge in [-0.05, 0) is 101 Å². The molecule has 0 heterocycles. The molecule has 3 atom stereocenters. The van der Waals surface area contributed by atoms with Crippen LogP contribution in [0.2, 0.25) is 0 Å². The predicted molar refractivity (Wildman–Crippen MR) is 163 cm³/mol. The molecule has 192 valence electrons. The number of hydrogen-bond acceptors (Lipinski definition) is 0. The van der Waals surface area contributed by atoms with Gasteiger partial charge in [0.15, 0.2) is 0 Å². The van der Waals surface area contributed by atoms with Crippen molar-refractivity contribution in [2.75, 3.05) is 0 Å². The van der Waals surface area contributed by atoms with Gasteiger partial charge in [-0.1, -0.05) is 104 Å². The maximum Gasteiger partial charge on any atom is 0.0201 e. The van der Waals surface area contributed by atoms with Gasteiger partial charge in [0, 0.05) is 17.8 Å². The van der Waals surface area contributed by atoms with Crippen LogP contribution in [0.3, 0.4) is 0 Å². The Hall–Kier alpha value is -3.38. The Bertz CT molecular complexity index is 1460. The molecule has 0 bridgehead atoms. The van der Waals surface area contributed by atoms with Crippen molar-refractivity contribution in [2.24, 2.45) is 5.92 Å². The van der Waals surface area contributed by atoms with Crippen LogP contribution >= 0.6 is 0 Å². The summed E-state index contributed by atoms with van der Waals surface area (Å²) in [6.45, 7) is 18.0. The Kier molecular flexibility index (Phi) is 6.60. The summed E-state index contributed by atoms with van der Waals surface area (Å²) >= 11 is 0. The van der Waals surface area contributed by atoms with Crippen molar-refractivity contribution >= 4 is 5.57 Å². The summed E-state index contributed by atoms with van der Waals surface area (Å²) in [5.74, 6) is 1.03. The molecule has 0 radical (unpaired) electrons. The molecule has 38 heavy (non-hydrogen) atoms. The number of rotatable bonds is 7. The second-order valence-corrected chi connectivity index (χ2v) is 11.7. The van der Waals surface area contributed by atoms with Gasteiger partial charge in [0.1, 0.15) is 0 Å². The summed E-state index contributed by atoms with van der Waals surface area (Å²) in [7, 11) is 0. The van der Waals surface area contributed by atoms with E-state index in [4.69, 9.17) is 6.58 Å². The normalized spacial score (nSPS) is 24.7. The maximum atomic E-state index is 4.78. The summed E-state index contributed by atoms with van der Waals surface area (Å²) in [4.78, 5) is 0. The summed E-state index contributed by atoms with van der Waals surface area (Å²) < 4.78 is 0. The highest BCUT2D eigenvalue weighted by Crippen LogP contribution is 2.55. The fourth-order valence-corrected chi connectivity index (χ4v) is 7.58. The summed E-state index contributed by atoms with van der Waals surface area (Å²) in [5, 5.41) is 0. The van der Waals surface area contributed by atoms with Crippen molar-refractivity contribution in [3.8, 4) is 0 Å². The van der Waals surface area contributed by atoms with Crippen LogP contribution in [-0.2, 0) is 12.8 Å². The highest BCUT2D eigenvalue weighted by atomic mass is 14.4. The number of fused-ring (bicyclic) bond motifs is 3. The molecule has 0 saturated heterocycles. The molecule has 6 rings (SSSR count). The Balaban J connectivity index is 1.42. The zero-order valence-electron chi connectivity index (χ0n) is 23.2. The average Bonchev–Trinajstić information content (AvgIpc) is 3.60. The van der Waals surface area contributed by atoms with E-state index in [1.807, 2.05) is 6.08 Å². The van der Waals surface area contributed by atoms with Gasteiger partial charge in [-0.3, -0.25) is 0 Å². The van der Waals surface area contributed by atoms with E-state index < -0.39 is 0 Å². The van der Waals surface area contributed by atoms with Crippen molar-refractivity contribution in [2.45, 2.75) is 70.6 Å². The van der Waals surface area contributed by atoms with Crippen LogP contribution in [0.25, 0.3) is 5.57 Å². The minimum atomic E-state index is 0.303. The van der Waals surface area contributed by atoms with Gasteiger partial charge in [-0.15, -0.1) is 6.58 Å². The first kappa shape index (κ1) is 24.9. The van der Waals surface area contributed by atoms with Crippen molar-refractivity contribution in [3.63, 3.8) is 0 Å². The van der Waals surface area contributed by atoms with Crippen LogP contribution < -0.4 is 0 Å². The van der Waals surface area contributed by atoms with Gasteiger partial charge < -0.3 is 0 Å². The zero-order chi connectivity index (χ0) is 26.4. The molecule has 0 spiro atoms. The predicted octanol–water partition coefficient (Wildman–Crippen LogP) is 10.1. The molecule has 0 N–H and O–H groups in total. The SMILES string of the molecule is C=CCC1C=C(/C=C2\CC3=CC(C)=C(C(=C)CCC)C(c4ccc5c(c4)CCC5)C3C2=C)c2ccccc21. The van der Waals surface area contributed by atoms with Gasteiger partial charge in [0.05, 0.1) is 0 Å². The lowest BCUT2D eigenvalue weighted by atomic mass is 9.69. The molecule has 0 aromatic heterocycles. The van der Waals surface area contributed by atoms with E-state index in [0.717, 1.165) is 25.7 Å². The molecular formula is C38H40. The summed E-state index contributed by atoms with van der Waals surface area (Å²) in [6.07, 6.45) is 17.3. The lowest BCUT2D eigenvalue weighted by molar-refractivity contribution is 0.618. The highest BCUT2D eigenvalue weighted by molar-refractivity contribution is 5.83. The third-order valence-corrected chi connectivity index (χ3v) is 9.27. The summed E-state index contributed by atoms with van der Waals surface area (Å²) in [5.41, 5.74) is 17.0. The van der Waals surface area contributed by atoms with E-state index in [-0.39, 0.29) is 0 Å². The number of allylic oxidation sites excluding steroid dienone is 11. The van der Waals surface area contributed by atoms with Crippen LogP contribution in [0, 0.1) is 5.92 Å². The molecule has 3 unspecified atom stereocenters. The second-order valence-electron chi connectivity index (χ2n) is 11.7. The third kappa shape index (κ3) is 4.15. The fourth-order valence-electron chi connectivity index (χ4n) is 7.58. The van der Waals surface area contributed by atoms with E-state index in [2.05, 4.69) is 87.7 Å². The molecule has 2 aromatic carbocycles. The molecule has 0 heteroatoms. The molecule has 0 nitrogen and oxygen atoms in total. The van der Waals surface area contributed by atoms with E-state index >= 15 is 0 Å². The molecular weight excluding hydrogens is 456 g/mol. The fraction of sp³-hybridized carbons (Fsp3) is 0.316. The van der Waals surface area contributed by atoms with Crippen molar-refractivity contribution < 1.29 is 0 Å². The van der Waals surface area contributed by atoms with Gasteiger partial charge in [0.2, 0.25) is 0 Å². The first-order valence-electron chi connectivity index (χ1n) is 14.5. The summed E-state index contributed by atoms with van der Waals surface area (Å²) in [6, 6.07) is 16.2. The van der Waals surface area contributed by atoms with Crippen LogP contribution in [0.15, 0.2) is 120 Å². The maximum absolute atomic E-state index is 4.78. The topological polar surface area (TPSA) is 0 Å². The molecule has 4 aliphatic carbocycles. The standard InChI is InChI=1S/C38H40/c1-6-11-24(3)36-25(4)19-33-23-31(22-32-21-29(12-7-2)34-15-8-9-16-35(32)34)26(5)37(33)38(36)30-18-17-27-13-10-14-28(27)20-30/h7-9,15-22,29,37-38H,2-3,5-6,10-14,23H2,1,4H3/b31-22+. The zero-order valence-corrected chi connectivity index (χ0v) is 23.2. The Morgan fingerprint density at radius 2 is 1.87 bits per heavy atom. The van der Waals surface area contributed by atoms with Gasteiger partial charge in [0.25, 0.3) is 0 Å². The molecule has 1 saturated carbocycles. The average molecular weight is 497 g/mol. The van der Waals surface area contributed by atoms with Crippen LogP contribution in [0.1, 0.15) is 85.6 Å². The van der Waals surface area contributed by atoms with E-state index in [9.17, 15) is 0 Å². The van der Waals surface area contributed by atoms with Gasteiger partial charge in [-0.2, -0.15) is 0 Å². The van der Waals surface area contributed by atoms with Crippen LogP contribution in [-0.4, -0.2) is 0 Å². The van der Waals surface area contributed by atoms with E-state index in [1.165, 1.54) is 75.0 Å². The molecule has 0 amide bonds. The Labute approximate surface area is 229 Å². The first-order chi connectivity index (χ1) is 18.5. The molecule has 0 aliphatic heterocycles. The van der Waals surface area contributed by atoms with Crippen LogP contribution in [0.4, 0.5) is 0 Å². The smallest absolute Gasteiger partial charge is 0.0201 e. The van der Waals surface area contributed by atoms with E-state index in [0.29, 0.717) is 17.8 Å². The minimum absolute atomic E-state index is 0.303. The van der Waals surface area contributed by atoms with Gasteiger partial charge >= 0.3 is 0 Å². The third-order valence-electron chi connectivity index (χ3n) is 9.27. The van der Waals surface area contributed by atoms with E-state index in [1.54, 1.807) is 11.1 Å². The highest BCUT2D eigenvalue weighted by Gasteiger charge is 2.41. The first-order valence-corrected chi connectivity index (χ1v) is 14.5. The quantitative estimate of drug-likeness (QED) is 0.334. The largest absolute Gasteiger partial charge is 0.103 e. The Morgan fingerprint density at radius 1 is 1.05 bits per heavy atom. The van der Waals surface area contributed by atoms with Crippen molar-refractivity contribution in [1.29, 1.82) is 0 Å². The van der Waals surface area contributed by atoms with Crippen molar-refractivity contribution in [3.05, 3.63) is 148 Å². The lowest BCUT2D eigenvalue weighted by Crippen LogP contribution is -2.21.